The summed E-state index contributed by atoms with van der Waals surface area (Å²) in [5, 5.41) is 22.8. The molecule has 7 nitrogen and oxygen atoms in total. The number of rotatable bonds is 3. The van der Waals surface area contributed by atoms with E-state index in [2.05, 4.69) is 22.6 Å². The molecule has 5 atom stereocenters. The summed E-state index contributed by atoms with van der Waals surface area (Å²) >= 11 is 7.82. The van der Waals surface area contributed by atoms with Gasteiger partial charge in [0.25, 0.3) is 0 Å². The number of ether oxygens (including phenoxy) is 2. The molecule has 9 heteroatoms. The summed E-state index contributed by atoms with van der Waals surface area (Å²) in [5.41, 5.74) is 1.41. The molecule has 2 aromatic heterocycles. The van der Waals surface area contributed by atoms with E-state index in [0.717, 1.165) is 55.2 Å². The SMILES string of the molecule is C[C@H]1C[C@@]2(C[C@@H](c3cn(CC4CCOC4)nn3)N1)OC[C@@H](O)c1cc(Cl)sc12. The molecule has 0 saturated carbocycles. The maximum Gasteiger partial charge on any atom is 0.106 e. The van der Waals surface area contributed by atoms with Gasteiger partial charge in [-0.15, -0.1) is 16.4 Å². The number of piperidine rings is 1. The average molecular weight is 425 g/mol. The molecule has 0 radical (unpaired) electrons. The summed E-state index contributed by atoms with van der Waals surface area (Å²) in [6.45, 7) is 4.94. The summed E-state index contributed by atoms with van der Waals surface area (Å²) < 4.78 is 14.4. The van der Waals surface area contributed by atoms with Crippen LogP contribution in [0.5, 0.6) is 0 Å². The van der Waals surface area contributed by atoms with Crippen molar-refractivity contribution in [1.82, 2.24) is 20.3 Å². The van der Waals surface area contributed by atoms with E-state index in [9.17, 15) is 5.11 Å². The summed E-state index contributed by atoms with van der Waals surface area (Å²) in [7, 11) is 0. The Morgan fingerprint density at radius 2 is 2.32 bits per heavy atom. The number of fused-ring (bicyclic) bond motifs is 2. The van der Waals surface area contributed by atoms with Crippen LogP contribution < -0.4 is 5.32 Å². The maximum absolute atomic E-state index is 10.3. The van der Waals surface area contributed by atoms with Gasteiger partial charge < -0.3 is 19.9 Å². The Morgan fingerprint density at radius 3 is 3.14 bits per heavy atom. The fraction of sp³-hybridized carbons (Fsp3) is 0.684. The van der Waals surface area contributed by atoms with Gasteiger partial charge in [-0.05, 0) is 25.8 Å². The van der Waals surface area contributed by atoms with Gasteiger partial charge in [0.1, 0.15) is 11.7 Å². The smallest absolute Gasteiger partial charge is 0.106 e. The number of nitrogens with zero attached hydrogens (tertiary/aromatic N) is 3. The van der Waals surface area contributed by atoms with Gasteiger partial charge in [-0.25, -0.2) is 0 Å². The van der Waals surface area contributed by atoms with Gasteiger partial charge in [-0.3, -0.25) is 4.68 Å². The zero-order valence-corrected chi connectivity index (χ0v) is 17.4. The number of nitrogens with one attached hydrogen (secondary N) is 1. The number of hydrogen-bond donors (Lipinski definition) is 2. The van der Waals surface area contributed by atoms with Crippen molar-refractivity contribution in [3.05, 3.63) is 32.7 Å². The van der Waals surface area contributed by atoms with Gasteiger partial charge in [0.05, 0.1) is 35.5 Å². The second-order valence-corrected chi connectivity index (χ2v) is 9.96. The number of aromatic nitrogens is 3. The third kappa shape index (κ3) is 3.40. The molecule has 1 unspecified atom stereocenters. The maximum atomic E-state index is 10.3. The van der Waals surface area contributed by atoms with Gasteiger partial charge in [0, 0.05) is 42.0 Å². The molecular weight excluding hydrogens is 400 g/mol. The minimum atomic E-state index is -0.609. The Bertz CT molecular complexity index is 852. The lowest BCUT2D eigenvalue weighted by Gasteiger charge is -2.46. The van der Waals surface area contributed by atoms with Gasteiger partial charge in [0.2, 0.25) is 0 Å². The second-order valence-electron chi connectivity index (χ2n) is 8.28. The van der Waals surface area contributed by atoms with Gasteiger partial charge in [0.15, 0.2) is 0 Å². The van der Waals surface area contributed by atoms with E-state index in [1.165, 1.54) is 11.3 Å². The van der Waals surface area contributed by atoms with Crippen LogP contribution in [0.1, 0.15) is 54.5 Å². The van der Waals surface area contributed by atoms with Gasteiger partial charge in [-0.2, -0.15) is 0 Å². The van der Waals surface area contributed by atoms with Crippen LogP contribution in [0.4, 0.5) is 0 Å². The molecule has 2 fully saturated rings. The first-order chi connectivity index (χ1) is 13.5. The lowest BCUT2D eigenvalue weighted by molar-refractivity contribution is -0.129. The molecule has 2 N–H and O–H groups in total. The Labute approximate surface area is 173 Å². The molecule has 0 aromatic carbocycles. The van der Waals surface area contributed by atoms with Crippen LogP contribution in [0.15, 0.2) is 12.3 Å². The largest absolute Gasteiger partial charge is 0.386 e. The van der Waals surface area contributed by atoms with Gasteiger partial charge in [-0.1, -0.05) is 16.8 Å². The molecule has 1 spiro atoms. The lowest BCUT2D eigenvalue weighted by atomic mass is 9.79. The van der Waals surface area contributed by atoms with E-state index in [-0.39, 0.29) is 12.1 Å². The van der Waals surface area contributed by atoms with Gasteiger partial charge >= 0.3 is 0 Å². The first-order valence-electron chi connectivity index (χ1n) is 9.88. The second kappa shape index (κ2) is 7.34. The molecule has 3 aliphatic rings. The highest BCUT2D eigenvalue weighted by Gasteiger charge is 2.48. The third-order valence-corrected chi connectivity index (χ3v) is 7.52. The zero-order chi connectivity index (χ0) is 19.3. The average Bonchev–Trinajstić information content (AvgIpc) is 3.40. The fourth-order valence-corrected chi connectivity index (χ4v) is 6.24. The molecule has 0 aliphatic carbocycles. The van der Waals surface area contributed by atoms with E-state index in [1.54, 1.807) is 0 Å². The summed E-state index contributed by atoms with van der Waals surface area (Å²) in [5.74, 6) is 0.512. The normalized spacial score (nSPS) is 35.4. The minimum Gasteiger partial charge on any atom is -0.386 e. The van der Waals surface area contributed by atoms with Crippen molar-refractivity contribution in [2.45, 2.75) is 56.5 Å². The molecule has 2 aromatic rings. The van der Waals surface area contributed by atoms with Crippen LogP contribution in [-0.2, 0) is 21.6 Å². The predicted octanol–water partition coefficient (Wildman–Crippen LogP) is 2.80. The fourth-order valence-electron chi connectivity index (χ4n) is 4.79. The highest BCUT2D eigenvalue weighted by molar-refractivity contribution is 7.16. The predicted molar refractivity (Wildman–Crippen MR) is 105 cm³/mol. The molecule has 28 heavy (non-hydrogen) atoms. The molecule has 2 saturated heterocycles. The van der Waals surface area contributed by atoms with Crippen molar-refractivity contribution in [3.63, 3.8) is 0 Å². The highest BCUT2D eigenvalue weighted by atomic mass is 35.5. The first-order valence-corrected chi connectivity index (χ1v) is 11.1. The van der Waals surface area contributed by atoms with Crippen LogP contribution >= 0.6 is 22.9 Å². The van der Waals surface area contributed by atoms with Crippen molar-refractivity contribution in [1.29, 1.82) is 0 Å². The number of thiophene rings is 1. The zero-order valence-electron chi connectivity index (χ0n) is 15.8. The van der Waals surface area contributed by atoms with Crippen LogP contribution in [0.2, 0.25) is 4.34 Å². The third-order valence-electron chi connectivity index (χ3n) is 6.06. The molecule has 0 amide bonds. The van der Waals surface area contributed by atoms with Crippen molar-refractivity contribution >= 4 is 22.9 Å². The van der Waals surface area contributed by atoms with E-state index in [0.29, 0.717) is 16.9 Å². The molecular formula is C19H25ClN4O3S. The summed E-state index contributed by atoms with van der Waals surface area (Å²) in [4.78, 5) is 1.06. The number of aliphatic hydroxyl groups is 1. The van der Waals surface area contributed by atoms with Crippen LogP contribution in [-0.4, -0.2) is 46.0 Å². The summed E-state index contributed by atoms with van der Waals surface area (Å²) in [6.07, 6.45) is 4.10. The van der Waals surface area contributed by atoms with E-state index in [4.69, 9.17) is 21.1 Å². The Hall–Kier alpha value is -1.03. The van der Waals surface area contributed by atoms with E-state index < -0.39 is 11.7 Å². The molecule has 5 rings (SSSR count). The Morgan fingerprint density at radius 1 is 1.43 bits per heavy atom. The first kappa shape index (κ1) is 19.0. The molecule has 5 heterocycles. The molecule has 0 bridgehead atoms. The van der Waals surface area contributed by atoms with Crippen LogP contribution in [0.25, 0.3) is 0 Å². The van der Waals surface area contributed by atoms with E-state index in [1.807, 2.05) is 16.9 Å². The monoisotopic (exact) mass is 424 g/mol. The Kier molecular flexibility index (Phi) is 4.97. The van der Waals surface area contributed by atoms with E-state index >= 15 is 0 Å². The van der Waals surface area contributed by atoms with Crippen molar-refractivity contribution in [2.24, 2.45) is 5.92 Å². The standard InChI is InChI=1S/C19H25ClN4O3S/c1-11-5-19(18-13(4-17(20)28-18)16(25)10-27-19)6-14(21-11)15-8-24(23-22-15)7-12-2-3-26-9-12/h4,8,11-12,14,16,21,25H,2-3,5-7,9-10H2,1H3/t11-,12?,14-,16+,19-/m0/s1. The summed E-state index contributed by atoms with van der Waals surface area (Å²) in [6, 6.07) is 2.18. The lowest BCUT2D eigenvalue weighted by Crippen LogP contribution is -2.50. The minimum absolute atomic E-state index is 0.0429. The molecule has 152 valence electrons. The van der Waals surface area contributed by atoms with Crippen molar-refractivity contribution in [3.8, 4) is 0 Å². The van der Waals surface area contributed by atoms with Crippen molar-refractivity contribution in [2.75, 3.05) is 19.8 Å². The number of aliphatic hydroxyl groups excluding tert-OH is 1. The topological polar surface area (TPSA) is 81.4 Å². The Balaban J connectivity index is 1.40. The highest BCUT2D eigenvalue weighted by Crippen LogP contribution is 2.51. The quantitative estimate of drug-likeness (QED) is 0.788. The molecule has 3 aliphatic heterocycles. The van der Waals surface area contributed by atoms with Crippen LogP contribution in [0.3, 0.4) is 0 Å². The van der Waals surface area contributed by atoms with Crippen LogP contribution in [0, 0.1) is 5.92 Å². The van der Waals surface area contributed by atoms with Crippen molar-refractivity contribution < 1.29 is 14.6 Å². The number of hydrogen-bond acceptors (Lipinski definition) is 7. The number of halogens is 1.